The summed E-state index contributed by atoms with van der Waals surface area (Å²) < 4.78 is 12.9. The fourth-order valence-electron chi connectivity index (χ4n) is 7.95. The van der Waals surface area contributed by atoms with Crippen molar-refractivity contribution >= 4 is 56.1 Å². The van der Waals surface area contributed by atoms with Gasteiger partial charge in [-0.2, -0.15) is 0 Å². The highest BCUT2D eigenvalue weighted by molar-refractivity contribution is 9.11. The van der Waals surface area contributed by atoms with E-state index in [0.717, 1.165) is 16.3 Å². The van der Waals surface area contributed by atoms with Crippen LogP contribution in [0.3, 0.4) is 0 Å². The number of likely N-dealkylation sites (tertiary alicyclic amines) is 1. The summed E-state index contributed by atoms with van der Waals surface area (Å²) in [6, 6.07) is 20.2. The molecule has 7 rings (SSSR count). The molecule has 1 spiro atoms. The Hall–Kier alpha value is -4.32. The zero-order valence-electron chi connectivity index (χ0n) is 27.9. The smallest absolute Gasteiger partial charge is 0.306 e. The lowest BCUT2D eigenvalue weighted by Gasteiger charge is -2.40. The third kappa shape index (κ3) is 5.84. The van der Waals surface area contributed by atoms with Crippen LogP contribution < -0.4 is 10.2 Å². The van der Waals surface area contributed by atoms with Crippen molar-refractivity contribution in [1.29, 1.82) is 0 Å². The monoisotopic (exact) mass is 741 g/mol. The fourth-order valence-corrected chi connectivity index (χ4v) is 8.69. The Morgan fingerprint density at radius 1 is 0.960 bits per heavy atom. The lowest BCUT2D eigenvalue weighted by Crippen LogP contribution is -2.59. The Bertz CT molecular complexity index is 1880. The van der Waals surface area contributed by atoms with Crippen LogP contribution >= 0.6 is 15.9 Å². The minimum atomic E-state index is -1.48. The molecule has 5 bridgehead atoms. The van der Waals surface area contributed by atoms with Gasteiger partial charge in [0.15, 0.2) is 0 Å². The summed E-state index contributed by atoms with van der Waals surface area (Å²) in [6.07, 6.45) is 5.13. The first-order valence-electron chi connectivity index (χ1n) is 17.1. The Morgan fingerprint density at radius 3 is 2.44 bits per heavy atom. The number of nitrogens with zero attached hydrogens (tertiary/aromatic N) is 2. The zero-order chi connectivity index (χ0) is 35.2. The predicted molar refractivity (Wildman–Crippen MR) is 191 cm³/mol. The van der Waals surface area contributed by atoms with Crippen LogP contribution in [0.15, 0.2) is 95.5 Å². The van der Waals surface area contributed by atoms with Gasteiger partial charge in [-0.15, -0.1) is 0 Å². The first-order valence-corrected chi connectivity index (χ1v) is 17.9. The molecule has 2 N–H and O–H groups in total. The van der Waals surface area contributed by atoms with E-state index in [1.165, 1.54) is 4.90 Å². The molecule has 0 aromatic heterocycles. The number of hydrogen-bond acceptors (Lipinski definition) is 7. The molecule has 2 saturated heterocycles. The van der Waals surface area contributed by atoms with Gasteiger partial charge in [-0.25, -0.2) is 0 Å². The number of aliphatic hydroxyl groups excluding tert-OH is 1. The number of halogens is 1. The van der Waals surface area contributed by atoms with Crippen LogP contribution in [0, 0.1) is 17.8 Å². The zero-order valence-corrected chi connectivity index (χ0v) is 29.5. The van der Waals surface area contributed by atoms with E-state index in [-0.39, 0.29) is 32.1 Å². The lowest BCUT2D eigenvalue weighted by molar-refractivity contribution is -0.147. The van der Waals surface area contributed by atoms with Crippen molar-refractivity contribution in [3.8, 4) is 0 Å². The van der Waals surface area contributed by atoms with Crippen LogP contribution in [0.2, 0.25) is 0 Å². The van der Waals surface area contributed by atoms with E-state index >= 15 is 4.79 Å². The van der Waals surface area contributed by atoms with Gasteiger partial charge in [-0.05, 0) is 46.9 Å². The maximum atomic E-state index is 15.3. The molecule has 0 radical (unpaired) electrons. The fraction of sp³-hybridized carbons (Fsp3) is 0.385. The van der Waals surface area contributed by atoms with Gasteiger partial charge >= 0.3 is 5.97 Å². The molecule has 3 aromatic carbocycles. The number of cyclic esters (lactones) is 1. The summed E-state index contributed by atoms with van der Waals surface area (Å²) >= 11 is 3.63. The standard InChI is InChI=1S/C39H40BrN3O7/c1-23(2)30(21-44)43-35-38(48)42(27-17-16-24-11-8-9-14-26(24)19-27)18-10-4-7-15-31(45)49-22-29(25-12-5-3-6-13-25)41-36(46)32-33(37(43)47)39(35)20-28(40)34(32)50-39/h3-6,8-14,16-17,19-20,23,29-30,32-35,44H,7,15,18,21-22H2,1-2H3,(H,41,46)/b10-4-/t29-,30+,32-,33+,34-,35-,39+/m1/s1. The van der Waals surface area contributed by atoms with E-state index in [1.807, 2.05) is 98.8 Å². The molecule has 4 aliphatic heterocycles. The highest BCUT2D eigenvalue weighted by atomic mass is 79.9. The van der Waals surface area contributed by atoms with Crippen molar-refractivity contribution in [3.05, 3.63) is 101 Å². The maximum absolute atomic E-state index is 15.3. The normalized spacial score (nSPS) is 29.9. The minimum Gasteiger partial charge on any atom is -0.463 e. The van der Waals surface area contributed by atoms with Crippen LogP contribution in [0.1, 0.15) is 38.3 Å². The molecular formula is C39H40BrN3O7. The Labute approximate surface area is 299 Å². The number of benzene rings is 3. The van der Waals surface area contributed by atoms with Crippen molar-refractivity contribution in [3.63, 3.8) is 0 Å². The van der Waals surface area contributed by atoms with Gasteiger partial charge < -0.3 is 29.7 Å². The number of ether oxygens (including phenoxy) is 2. The number of fused-ring (bicyclic) bond motifs is 3. The third-order valence-electron chi connectivity index (χ3n) is 10.4. The van der Waals surface area contributed by atoms with Crippen LogP contribution in [0.5, 0.6) is 0 Å². The third-order valence-corrected chi connectivity index (χ3v) is 11.1. The van der Waals surface area contributed by atoms with Crippen molar-refractivity contribution in [2.24, 2.45) is 17.8 Å². The number of anilines is 1. The summed E-state index contributed by atoms with van der Waals surface area (Å²) in [5.41, 5.74) is -0.134. The van der Waals surface area contributed by atoms with Crippen molar-refractivity contribution < 1.29 is 33.8 Å². The van der Waals surface area contributed by atoms with Crippen LogP contribution in [0.25, 0.3) is 10.8 Å². The molecule has 4 aliphatic rings. The second-order valence-electron chi connectivity index (χ2n) is 13.7. The topological polar surface area (TPSA) is 125 Å². The summed E-state index contributed by atoms with van der Waals surface area (Å²) in [7, 11) is 0. The second-order valence-corrected chi connectivity index (χ2v) is 14.6. The summed E-state index contributed by atoms with van der Waals surface area (Å²) in [5.74, 6) is -3.95. The molecule has 50 heavy (non-hydrogen) atoms. The number of carbonyl (C=O) groups is 4. The molecule has 0 unspecified atom stereocenters. The molecule has 3 amide bonds. The number of esters is 1. The summed E-state index contributed by atoms with van der Waals surface area (Å²) in [6.45, 7) is 3.46. The molecule has 11 heteroatoms. The Kier molecular flexibility index (Phi) is 9.40. The van der Waals surface area contributed by atoms with E-state index in [9.17, 15) is 19.5 Å². The van der Waals surface area contributed by atoms with Crippen LogP contribution in [0.4, 0.5) is 5.69 Å². The molecule has 4 heterocycles. The van der Waals surface area contributed by atoms with E-state index in [1.54, 1.807) is 11.0 Å². The van der Waals surface area contributed by atoms with Gasteiger partial charge in [-0.3, -0.25) is 19.2 Å². The first kappa shape index (κ1) is 34.1. The van der Waals surface area contributed by atoms with Gasteiger partial charge in [0.05, 0.1) is 30.5 Å². The molecular weight excluding hydrogens is 702 g/mol. The number of carbonyl (C=O) groups excluding carboxylic acids is 4. The number of aliphatic hydroxyl groups is 1. The van der Waals surface area contributed by atoms with E-state index < -0.39 is 65.4 Å². The second kappa shape index (κ2) is 13.8. The molecule has 7 atom stereocenters. The first-order chi connectivity index (χ1) is 24.1. The van der Waals surface area contributed by atoms with Gasteiger partial charge in [0.25, 0.3) is 5.91 Å². The average Bonchev–Trinajstić information content (AvgIpc) is 3.71. The van der Waals surface area contributed by atoms with E-state index in [4.69, 9.17) is 9.47 Å². The van der Waals surface area contributed by atoms with Crippen molar-refractivity contribution in [2.45, 2.75) is 56.5 Å². The lowest BCUT2D eigenvalue weighted by atomic mass is 9.74. The highest BCUT2D eigenvalue weighted by Crippen LogP contribution is 2.59. The number of hydrogen-bond donors (Lipinski definition) is 2. The minimum absolute atomic E-state index is 0.0970. The number of nitrogens with one attached hydrogen (secondary N) is 1. The van der Waals surface area contributed by atoms with E-state index in [2.05, 4.69) is 21.2 Å². The van der Waals surface area contributed by atoms with Crippen molar-refractivity contribution in [2.75, 3.05) is 24.7 Å². The Balaban J connectivity index is 1.37. The molecule has 0 saturated carbocycles. The quantitative estimate of drug-likeness (QED) is 0.284. The molecule has 3 aromatic rings. The summed E-state index contributed by atoms with van der Waals surface area (Å²) in [5, 5.41) is 15.7. The molecule has 0 aliphatic carbocycles. The summed E-state index contributed by atoms with van der Waals surface area (Å²) in [4.78, 5) is 60.4. The number of amides is 3. The maximum Gasteiger partial charge on any atom is 0.306 e. The van der Waals surface area contributed by atoms with E-state index in [0.29, 0.717) is 16.6 Å². The van der Waals surface area contributed by atoms with Crippen LogP contribution in [-0.2, 0) is 28.7 Å². The van der Waals surface area contributed by atoms with Gasteiger partial charge in [0, 0.05) is 23.1 Å². The average molecular weight is 743 g/mol. The number of allylic oxidation sites excluding steroid dienone is 1. The number of rotatable bonds is 5. The van der Waals surface area contributed by atoms with Gasteiger partial charge in [-0.1, -0.05) is 103 Å². The van der Waals surface area contributed by atoms with Gasteiger partial charge in [0.1, 0.15) is 24.4 Å². The van der Waals surface area contributed by atoms with Crippen LogP contribution in [-0.4, -0.2) is 77.2 Å². The highest BCUT2D eigenvalue weighted by Gasteiger charge is 2.75. The Morgan fingerprint density at radius 2 is 1.70 bits per heavy atom. The predicted octanol–water partition coefficient (Wildman–Crippen LogP) is 4.81. The molecule has 260 valence electrons. The largest absolute Gasteiger partial charge is 0.463 e. The molecule has 2 fully saturated rings. The SMILES string of the molecule is CC(C)[C@H](CO)N1C(=O)[C@@H]2[C@H]3C(=O)N[C@@H](c4ccccc4)COC(=O)CC/C=C\CN(c4ccc5ccccc5c4)C(=O)[C@@H]1[C@]21C=C(Br)[C@H]3O1. The van der Waals surface area contributed by atoms with Crippen molar-refractivity contribution in [1.82, 2.24) is 10.2 Å². The molecule has 10 nitrogen and oxygen atoms in total. The van der Waals surface area contributed by atoms with Gasteiger partial charge in [0.2, 0.25) is 11.8 Å².